The molecule has 0 bridgehead atoms. The van der Waals surface area contributed by atoms with E-state index in [0.29, 0.717) is 26.4 Å². The minimum atomic E-state index is -0.302. The number of rotatable bonds is 9. The molecule has 0 aromatic carbocycles. The Bertz CT molecular complexity index is 611. The molecule has 7 heteroatoms. The minimum Gasteiger partial charge on any atom is -0.377 e. The van der Waals surface area contributed by atoms with E-state index in [1.807, 2.05) is 6.08 Å². The zero-order valence-electron chi connectivity index (χ0n) is 13.4. The smallest absolute Gasteiger partial charge is 0.253 e. The van der Waals surface area contributed by atoms with Gasteiger partial charge in [-0.3, -0.25) is 19.3 Å². The Morgan fingerprint density at radius 2 is 1.21 bits per heavy atom. The number of hydrogen-bond acceptors (Lipinski definition) is 5. The maximum absolute atomic E-state index is 11.8. The number of amides is 3. The lowest BCUT2D eigenvalue weighted by Crippen LogP contribution is -2.33. The van der Waals surface area contributed by atoms with E-state index in [0.717, 1.165) is 23.4 Å². The second-order valence-electron chi connectivity index (χ2n) is 5.70. The monoisotopic (exact) mass is 332 g/mol. The quantitative estimate of drug-likeness (QED) is 0.451. The standard InChI is InChI=1S/C17H20N2O5/c20-15-4-3-14(13-1-2-13)18(15)7-9-23-11-12-24-10-8-19-16(21)5-6-17(19)22/h3-6H,1-2,7-12H2. The van der Waals surface area contributed by atoms with Gasteiger partial charge in [-0.25, -0.2) is 0 Å². The lowest BCUT2D eigenvalue weighted by atomic mass is 10.3. The van der Waals surface area contributed by atoms with Crippen LogP contribution in [0.3, 0.4) is 0 Å². The molecule has 1 fully saturated rings. The molecule has 1 aliphatic carbocycles. The number of imide groups is 1. The summed E-state index contributed by atoms with van der Waals surface area (Å²) >= 11 is 0. The fraction of sp³-hybridized carbons (Fsp3) is 0.471. The highest BCUT2D eigenvalue weighted by molar-refractivity contribution is 6.12. The first kappa shape index (κ1) is 16.6. The molecule has 0 radical (unpaired) electrons. The fourth-order valence-electron chi connectivity index (χ4n) is 2.59. The third-order valence-electron chi connectivity index (χ3n) is 3.99. The highest BCUT2D eigenvalue weighted by Crippen LogP contribution is 2.35. The van der Waals surface area contributed by atoms with Gasteiger partial charge in [0.15, 0.2) is 0 Å². The predicted octanol–water partition coefficient (Wildman–Crippen LogP) is 0.391. The molecule has 0 spiro atoms. The van der Waals surface area contributed by atoms with E-state index in [2.05, 4.69) is 0 Å². The van der Waals surface area contributed by atoms with Crippen molar-refractivity contribution in [2.24, 2.45) is 0 Å². The molecule has 3 aliphatic rings. The molecule has 3 amide bonds. The topological polar surface area (TPSA) is 76.2 Å². The molecule has 24 heavy (non-hydrogen) atoms. The lowest BCUT2D eigenvalue weighted by molar-refractivity contribution is -0.137. The van der Waals surface area contributed by atoms with Gasteiger partial charge in [-0.1, -0.05) is 0 Å². The third-order valence-corrected chi connectivity index (χ3v) is 3.99. The molecule has 2 heterocycles. The van der Waals surface area contributed by atoms with E-state index in [1.165, 1.54) is 17.7 Å². The van der Waals surface area contributed by atoms with Crippen molar-refractivity contribution >= 4 is 17.7 Å². The number of nitrogens with zero attached hydrogens (tertiary/aromatic N) is 2. The predicted molar refractivity (Wildman–Crippen MR) is 84.6 cm³/mol. The first-order valence-corrected chi connectivity index (χ1v) is 8.07. The highest BCUT2D eigenvalue weighted by Gasteiger charge is 2.27. The van der Waals surface area contributed by atoms with Crippen molar-refractivity contribution in [3.8, 4) is 0 Å². The first-order chi connectivity index (χ1) is 11.7. The summed E-state index contributed by atoms with van der Waals surface area (Å²) in [5.41, 5.74) is 2.37. The van der Waals surface area contributed by atoms with Crippen LogP contribution in [0.4, 0.5) is 0 Å². The molecule has 2 aliphatic heterocycles. The molecule has 0 aromatic rings. The summed E-state index contributed by atoms with van der Waals surface area (Å²) in [6, 6.07) is 0. The Hall–Kier alpha value is -2.25. The van der Waals surface area contributed by atoms with Gasteiger partial charge in [0.05, 0.1) is 33.0 Å². The van der Waals surface area contributed by atoms with E-state index in [9.17, 15) is 14.4 Å². The zero-order chi connectivity index (χ0) is 16.9. The molecular weight excluding hydrogens is 312 g/mol. The Balaban J connectivity index is 1.23. The number of carbonyl (C=O) groups excluding carboxylic acids is 3. The van der Waals surface area contributed by atoms with E-state index in [4.69, 9.17) is 9.47 Å². The van der Waals surface area contributed by atoms with E-state index in [-0.39, 0.29) is 30.9 Å². The normalized spacial score (nSPS) is 19.4. The molecule has 7 nitrogen and oxygen atoms in total. The number of hydrogen-bond donors (Lipinski definition) is 0. The van der Waals surface area contributed by atoms with Gasteiger partial charge >= 0.3 is 0 Å². The van der Waals surface area contributed by atoms with Gasteiger partial charge in [-0.05, 0) is 24.5 Å². The summed E-state index contributed by atoms with van der Waals surface area (Å²) < 4.78 is 10.8. The summed E-state index contributed by atoms with van der Waals surface area (Å²) in [6.45, 7) is 2.29. The molecule has 128 valence electrons. The summed E-state index contributed by atoms with van der Waals surface area (Å²) in [7, 11) is 0. The number of carbonyl (C=O) groups is 3. The largest absolute Gasteiger partial charge is 0.377 e. The van der Waals surface area contributed by atoms with Crippen LogP contribution in [0.25, 0.3) is 0 Å². The van der Waals surface area contributed by atoms with Gasteiger partial charge in [0.1, 0.15) is 0 Å². The molecule has 0 saturated heterocycles. The molecule has 0 unspecified atom stereocenters. The molecular formula is C17H20N2O5. The van der Waals surface area contributed by atoms with Crippen molar-refractivity contribution in [1.82, 2.24) is 9.80 Å². The van der Waals surface area contributed by atoms with Crippen molar-refractivity contribution in [3.05, 3.63) is 35.6 Å². The van der Waals surface area contributed by atoms with Crippen LogP contribution in [0.15, 0.2) is 35.6 Å². The van der Waals surface area contributed by atoms with Crippen molar-refractivity contribution in [1.29, 1.82) is 0 Å². The maximum Gasteiger partial charge on any atom is 0.253 e. The van der Waals surface area contributed by atoms with Gasteiger partial charge in [0.25, 0.3) is 17.7 Å². The summed E-state index contributed by atoms with van der Waals surface area (Å²) in [4.78, 5) is 37.3. The van der Waals surface area contributed by atoms with E-state index in [1.54, 1.807) is 11.0 Å². The van der Waals surface area contributed by atoms with Crippen LogP contribution < -0.4 is 0 Å². The van der Waals surface area contributed by atoms with Crippen molar-refractivity contribution in [3.63, 3.8) is 0 Å². The average Bonchev–Trinajstić information content (AvgIpc) is 3.28. The molecule has 0 aromatic heterocycles. The van der Waals surface area contributed by atoms with Crippen molar-refractivity contribution < 1.29 is 23.9 Å². The van der Waals surface area contributed by atoms with Crippen LogP contribution in [0.1, 0.15) is 12.8 Å². The Morgan fingerprint density at radius 1 is 0.708 bits per heavy atom. The first-order valence-electron chi connectivity index (χ1n) is 8.07. The van der Waals surface area contributed by atoms with Gasteiger partial charge < -0.3 is 14.4 Å². The lowest BCUT2D eigenvalue weighted by Gasteiger charge is -2.18. The van der Waals surface area contributed by atoms with Crippen LogP contribution in [0.2, 0.25) is 0 Å². The average molecular weight is 332 g/mol. The second-order valence-corrected chi connectivity index (χ2v) is 5.70. The summed E-state index contributed by atoms with van der Waals surface area (Å²) in [5, 5.41) is 0. The Labute approximate surface area is 140 Å². The van der Waals surface area contributed by atoms with Crippen molar-refractivity contribution in [2.75, 3.05) is 39.5 Å². The highest BCUT2D eigenvalue weighted by atomic mass is 16.5. The third kappa shape index (κ3) is 3.98. The van der Waals surface area contributed by atoms with Gasteiger partial charge in [-0.15, -0.1) is 0 Å². The molecule has 3 rings (SSSR count). The van der Waals surface area contributed by atoms with Gasteiger partial charge in [0, 0.05) is 30.5 Å². The Morgan fingerprint density at radius 3 is 1.79 bits per heavy atom. The van der Waals surface area contributed by atoms with Crippen LogP contribution in [0.5, 0.6) is 0 Å². The summed E-state index contributed by atoms with van der Waals surface area (Å²) in [5.74, 6) is -0.591. The second kappa shape index (κ2) is 7.55. The van der Waals surface area contributed by atoms with E-state index >= 15 is 0 Å². The SMILES string of the molecule is O=C1C=CC(=O)N1CCOCCOCCN1C(=O)C=CC1=C1CC1. The van der Waals surface area contributed by atoms with Crippen LogP contribution >= 0.6 is 0 Å². The van der Waals surface area contributed by atoms with Crippen LogP contribution in [0, 0.1) is 0 Å². The van der Waals surface area contributed by atoms with Crippen LogP contribution in [-0.2, 0) is 23.9 Å². The van der Waals surface area contributed by atoms with Gasteiger partial charge in [-0.2, -0.15) is 0 Å². The minimum absolute atomic E-state index is 0.0119. The van der Waals surface area contributed by atoms with E-state index < -0.39 is 0 Å². The summed E-state index contributed by atoms with van der Waals surface area (Å²) in [6.07, 6.45) is 8.14. The van der Waals surface area contributed by atoms with Crippen molar-refractivity contribution in [2.45, 2.75) is 12.8 Å². The fourth-order valence-corrected chi connectivity index (χ4v) is 2.59. The van der Waals surface area contributed by atoms with Crippen LogP contribution in [-0.4, -0.2) is 67.0 Å². The number of allylic oxidation sites excluding steroid dienone is 2. The number of ether oxygens (including phenoxy) is 2. The Kier molecular flexibility index (Phi) is 5.22. The molecule has 0 N–H and O–H groups in total. The molecule has 1 saturated carbocycles. The van der Waals surface area contributed by atoms with Gasteiger partial charge in [0.2, 0.25) is 0 Å². The zero-order valence-corrected chi connectivity index (χ0v) is 13.4. The maximum atomic E-state index is 11.8. The molecule has 0 atom stereocenters.